The van der Waals surface area contributed by atoms with E-state index in [4.69, 9.17) is 16.3 Å². The van der Waals surface area contributed by atoms with Crippen molar-refractivity contribution in [2.75, 3.05) is 32.8 Å². The third-order valence-electron chi connectivity index (χ3n) is 7.34. The third-order valence-corrected chi connectivity index (χ3v) is 7.93. The maximum absolute atomic E-state index is 13.4. The average Bonchev–Trinajstić information content (AvgIpc) is 2.86. The number of aliphatic hydroxyl groups is 1. The molecule has 0 radical (unpaired) electrons. The first-order valence-corrected chi connectivity index (χ1v) is 12.9. The highest BCUT2D eigenvalue weighted by atomic mass is 35.5. The van der Waals surface area contributed by atoms with Gasteiger partial charge in [0.1, 0.15) is 11.6 Å². The molecule has 2 aromatic carbocycles. The molecule has 1 N–H and O–H groups in total. The molecule has 8 heteroatoms. The molecule has 0 unspecified atom stereocenters. The summed E-state index contributed by atoms with van der Waals surface area (Å²) in [5.41, 5.74) is 1.69. The van der Waals surface area contributed by atoms with Crippen LogP contribution in [-0.2, 0) is 4.79 Å². The fourth-order valence-electron chi connectivity index (χ4n) is 5.24. The predicted octanol–water partition coefficient (Wildman–Crippen LogP) is 4.77. The molecule has 2 aromatic rings. The highest BCUT2D eigenvalue weighted by Crippen LogP contribution is 2.37. The maximum atomic E-state index is 13.4. The van der Waals surface area contributed by atoms with Crippen LogP contribution < -0.4 is 4.74 Å². The van der Waals surface area contributed by atoms with Gasteiger partial charge in [-0.3, -0.25) is 9.59 Å². The zero-order valence-electron chi connectivity index (χ0n) is 20.9. The van der Waals surface area contributed by atoms with Crippen LogP contribution in [0.1, 0.15) is 53.6 Å². The van der Waals surface area contributed by atoms with Gasteiger partial charge in [0.2, 0.25) is 5.91 Å². The van der Waals surface area contributed by atoms with Gasteiger partial charge in [0.15, 0.2) is 0 Å². The predicted molar refractivity (Wildman–Crippen MR) is 137 cm³/mol. The minimum atomic E-state index is -0.567. The summed E-state index contributed by atoms with van der Waals surface area (Å²) in [4.78, 5) is 30.2. The number of hydrogen-bond donors (Lipinski definition) is 1. The van der Waals surface area contributed by atoms with Gasteiger partial charge >= 0.3 is 0 Å². The number of nitrogens with zero attached hydrogens (tertiary/aromatic N) is 2. The van der Waals surface area contributed by atoms with Crippen LogP contribution in [0.5, 0.6) is 5.75 Å². The molecule has 2 aliphatic rings. The van der Waals surface area contributed by atoms with Gasteiger partial charge in [-0.05, 0) is 87.1 Å². The number of hydrogen-bond acceptors (Lipinski definition) is 4. The SMILES string of the molecule is Cc1cc(OC[C@@]2(CC(=O)N3CCC(O)CC3)CCCN(C(=O)c3ccc(F)cc3)C2)cc(C)c1Cl. The summed E-state index contributed by atoms with van der Waals surface area (Å²) in [6.07, 6.45) is 2.53. The number of likely N-dealkylation sites (tertiary alicyclic amines) is 2. The summed E-state index contributed by atoms with van der Waals surface area (Å²) in [7, 11) is 0. The van der Waals surface area contributed by atoms with Gasteiger partial charge in [0.25, 0.3) is 5.91 Å². The first kappa shape index (κ1) is 26.4. The Morgan fingerprint density at radius 1 is 1.08 bits per heavy atom. The summed E-state index contributed by atoms with van der Waals surface area (Å²) in [5.74, 6) is 0.138. The number of carbonyl (C=O) groups excluding carboxylic acids is 2. The molecule has 4 rings (SSSR count). The number of carbonyl (C=O) groups is 2. The van der Waals surface area contributed by atoms with Crippen molar-refractivity contribution in [2.24, 2.45) is 5.41 Å². The van der Waals surface area contributed by atoms with E-state index in [1.807, 2.05) is 30.9 Å². The van der Waals surface area contributed by atoms with Crippen molar-refractivity contribution in [1.29, 1.82) is 0 Å². The van der Waals surface area contributed by atoms with Crippen molar-refractivity contribution in [3.63, 3.8) is 0 Å². The Kier molecular flexibility index (Phi) is 8.20. The quantitative estimate of drug-likeness (QED) is 0.600. The van der Waals surface area contributed by atoms with Crippen molar-refractivity contribution in [3.8, 4) is 5.75 Å². The van der Waals surface area contributed by atoms with Crippen LogP contribution in [-0.4, -0.2) is 65.6 Å². The smallest absolute Gasteiger partial charge is 0.253 e. The van der Waals surface area contributed by atoms with Gasteiger partial charge in [-0.1, -0.05) is 11.6 Å². The van der Waals surface area contributed by atoms with E-state index in [0.717, 1.165) is 24.0 Å². The molecule has 6 nitrogen and oxygen atoms in total. The minimum absolute atomic E-state index is 0.0186. The Hall–Kier alpha value is -2.64. The topological polar surface area (TPSA) is 70.1 Å². The number of aliphatic hydroxyl groups excluding tert-OH is 1. The number of benzene rings is 2. The molecule has 0 saturated carbocycles. The first-order valence-electron chi connectivity index (χ1n) is 12.6. The third kappa shape index (κ3) is 6.19. The number of rotatable bonds is 6. The molecule has 2 saturated heterocycles. The standard InChI is InChI=1S/C28H34ClFN2O4/c1-19-14-24(15-20(2)26(19)29)36-18-28(16-25(34)31-12-8-23(33)9-13-31)10-3-11-32(17-28)27(35)21-4-6-22(30)7-5-21/h4-7,14-15,23,33H,3,8-13,16-18H2,1-2H3/t28-/m1/s1. The second-order valence-electron chi connectivity index (χ2n) is 10.3. The minimum Gasteiger partial charge on any atom is -0.493 e. The molecule has 0 spiro atoms. The lowest BCUT2D eigenvalue weighted by atomic mass is 9.77. The maximum Gasteiger partial charge on any atom is 0.253 e. The fraction of sp³-hybridized carbons (Fsp3) is 0.500. The molecule has 0 aromatic heterocycles. The normalized spacial score (nSPS) is 20.9. The van der Waals surface area contributed by atoms with Gasteiger partial charge < -0.3 is 19.6 Å². The van der Waals surface area contributed by atoms with Crippen LogP contribution in [0.4, 0.5) is 4.39 Å². The molecule has 194 valence electrons. The fourth-order valence-corrected chi connectivity index (χ4v) is 5.35. The van der Waals surface area contributed by atoms with E-state index in [-0.39, 0.29) is 30.9 Å². The van der Waals surface area contributed by atoms with Crippen LogP contribution in [0, 0.1) is 25.1 Å². The Bertz CT molecular complexity index is 1080. The second-order valence-corrected chi connectivity index (χ2v) is 10.7. The summed E-state index contributed by atoms with van der Waals surface area (Å²) in [5, 5.41) is 10.5. The largest absolute Gasteiger partial charge is 0.493 e. The van der Waals surface area contributed by atoms with E-state index in [1.54, 1.807) is 4.90 Å². The zero-order valence-corrected chi connectivity index (χ0v) is 21.7. The van der Waals surface area contributed by atoms with Gasteiger partial charge in [-0.15, -0.1) is 0 Å². The molecule has 2 fully saturated rings. The first-order chi connectivity index (χ1) is 17.2. The highest BCUT2D eigenvalue weighted by Gasteiger charge is 2.41. The monoisotopic (exact) mass is 516 g/mol. The number of ether oxygens (including phenoxy) is 1. The van der Waals surface area contributed by atoms with Crippen molar-refractivity contribution >= 4 is 23.4 Å². The molecular formula is C28H34ClFN2O4. The average molecular weight is 517 g/mol. The van der Waals surface area contributed by atoms with Gasteiger partial charge in [0.05, 0.1) is 12.7 Å². The lowest BCUT2D eigenvalue weighted by molar-refractivity contribution is -0.137. The summed E-state index contributed by atoms with van der Waals surface area (Å²) in [6.45, 7) is 6.14. The number of amides is 2. The van der Waals surface area contributed by atoms with Crippen molar-refractivity contribution in [1.82, 2.24) is 9.80 Å². The Morgan fingerprint density at radius 2 is 1.72 bits per heavy atom. The summed E-state index contributed by atoms with van der Waals surface area (Å²) < 4.78 is 19.7. The van der Waals surface area contributed by atoms with Crippen LogP contribution in [0.2, 0.25) is 5.02 Å². The lowest BCUT2D eigenvalue weighted by Crippen LogP contribution is -2.51. The second kappa shape index (κ2) is 11.2. The molecule has 36 heavy (non-hydrogen) atoms. The molecule has 0 bridgehead atoms. The molecule has 0 aliphatic carbocycles. The number of halogens is 2. The van der Waals surface area contributed by atoms with Crippen molar-refractivity contribution < 1.29 is 23.8 Å². The van der Waals surface area contributed by atoms with E-state index in [1.165, 1.54) is 24.3 Å². The molecule has 2 aliphatic heterocycles. The van der Waals surface area contributed by atoms with E-state index in [2.05, 4.69) is 0 Å². The Morgan fingerprint density at radius 3 is 2.36 bits per heavy atom. The summed E-state index contributed by atoms with van der Waals surface area (Å²) >= 11 is 6.32. The van der Waals surface area contributed by atoms with E-state index < -0.39 is 11.2 Å². The Labute approximate surface area is 217 Å². The number of piperidine rings is 2. The van der Waals surface area contributed by atoms with Gasteiger partial charge in [-0.2, -0.15) is 0 Å². The van der Waals surface area contributed by atoms with E-state index in [0.29, 0.717) is 55.4 Å². The van der Waals surface area contributed by atoms with Crippen LogP contribution >= 0.6 is 11.6 Å². The van der Waals surface area contributed by atoms with E-state index in [9.17, 15) is 19.1 Å². The van der Waals surface area contributed by atoms with Gasteiger partial charge in [0, 0.05) is 48.6 Å². The van der Waals surface area contributed by atoms with Crippen molar-refractivity contribution in [2.45, 2.75) is 52.1 Å². The van der Waals surface area contributed by atoms with E-state index >= 15 is 0 Å². The molecule has 2 amide bonds. The zero-order chi connectivity index (χ0) is 25.9. The number of aryl methyl sites for hydroxylation is 2. The van der Waals surface area contributed by atoms with Crippen LogP contribution in [0.15, 0.2) is 36.4 Å². The lowest BCUT2D eigenvalue weighted by Gasteiger charge is -2.43. The summed E-state index contributed by atoms with van der Waals surface area (Å²) in [6, 6.07) is 9.34. The van der Waals surface area contributed by atoms with Crippen molar-refractivity contribution in [3.05, 3.63) is 63.9 Å². The highest BCUT2D eigenvalue weighted by molar-refractivity contribution is 6.32. The molecular weight excluding hydrogens is 483 g/mol. The molecule has 1 atom stereocenters. The van der Waals surface area contributed by atoms with Gasteiger partial charge in [-0.25, -0.2) is 4.39 Å². The van der Waals surface area contributed by atoms with Crippen LogP contribution in [0.3, 0.4) is 0 Å². The molecule has 2 heterocycles. The Balaban J connectivity index is 1.55. The van der Waals surface area contributed by atoms with Crippen LogP contribution in [0.25, 0.3) is 0 Å².